The van der Waals surface area contributed by atoms with Crippen LogP contribution in [0, 0.1) is 6.92 Å². The summed E-state index contributed by atoms with van der Waals surface area (Å²) in [5.41, 5.74) is 4.49. The number of nitrogens with one attached hydrogen (secondary N) is 2. The number of nitrogens with zero attached hydrogens (tertiary/aromatic N) is 4. The molecule has 0 saturated carbocycles. The zero-order valence-electron chi connectivity index (χ0n) is 27.5. The van der Waals surface area contributed by atoms with Gasteiger partial charge in [-0.3, -0.25) is 9.59 Å². The van der Waals surface area contributed by atoms with E-state index < -0.39 is 18.1 Å². The van der Waals surface area contributed by atoms with Crippen molar-refractivity contribution in [1.29, 1.82) is 0 Å². The summed E-state index contributed by atoms with van der Waals surface area (Å²) in [4.78, 5) is 39.9. The maximum atomic E-state index is 13.3. The highest BCUT2D eigenvalue weighted by molar-refractivity contribution is 5.97. The Morgan fingerprint density at radius 2 is 1.51 bits per heavy atom. The van der Waals surface area contributed by atoms with Crippen molar-refractivity contribution in [3.63, 3.8) is 0 Å². The molecule has 11 nitrogen and oxygen atoms in total. The van der Waals surface area contributed by atoms with E-state index in [9.17, 15) is 19.5 Å². The molecule has 252 valence electrons. The number of aryl methyl sites for hydroxylation is 2. The number of benzene rings is 4. The van der Waals surface area contributed by atoms with Crippen LogP contribution in [0.4, 0.5) is 0 Å². The average molecular weight is 661 g/mol. The molecule has 11 heteroatoms. The molecule has 49 heavy (non-hydrogen) atoms. The third kappa shape index (κ3) is 9.60. The number of carboxylic acid groups (broad SMARTS) is 1. The number of rotatable bonds is 16. The third-order valence-electron chi connectivity index (χ3n) is 8.20. The summed E-state index contributed by atoms with van der Waals surface area (Å²) in [5, 5.41) is 28.2. The SMILES string of the molecule is Cc1ccccc1C(C)n1nnc(C(Oc2ccc(C[C@H](NC(=O)c3ccccc3)C(=O)NCCCCc3ccccc3)cc2)C(=O)O)n1. The minimum Gasteiger partial charge on any atom is -0.478 e. The number of unbranched alkanes of at least 4 members (excludes halogenated alkanes) is 1. The summed E-state index contributed by atoms with van der Waals surface area (Å²) >= 11 is 0. The van der Waals surface area contributed by atoms with E-state index in [4.69, 9.17) is 4.74 Å². The van der Waals surface area contributed by atoms with Crippen LogP contribution >= 0.6 is 0 Å². The van der Waals surface area contributed by atoms with Crippen LogP contribution in [0.3, 0.4) is 0 Å². The molecule has 3 atom stereocenters. The van der Waals surface area contributed by atoms with Gasteiger partial charge in [-0.1, -0.05) is 84.9 Å². The van der Waals surface area contributed by atoms with Gasteiger partial charge in [0.1, 0.15) is 11.8 Å². The van der Waals surface area contributed by atoms with Gasteiger partial charge in [0.15, 0.2) is 0 Å². The highest BCUT2D eigenvalue weighted by Gasteiger charge is 2.29. The second-order valence-electron chi connectivity index (χ2n) is 11.8. The Labute approximate surface area is 285 Å². The molecular weight excluding hydrogens is 620 g/mol. The summed E-state index contributed by atoms with van der Waals surface area (Å²) in [6.07, 6.45) is 1.35. The number of hydrogen-bond acceptors (Lipinski definition) is 7. The molecule has 2 unspecified atom stereocenters. The monoisotopic (exact) mass is 660 g/mol. The van der Waals surface area contributed by atoms with E-state index >= 15 is 0 Å². The van der Waals surface area contributed by atoms with Crippen molar-refractivity contribution in [3.05, 3.63) is 143 Å². The Hall–Kier alpha value is -5.84. The number of ether oxygens (including phenoxy) is 1. The van der Waals surface area contributed by atoms with E-state index in [-0.39, 0.29) is 35.9 Å². The lowest BCUT2D eigenvalue weighted by Gasteiger charge is -2.19. The van der Waals surface area contributed by atoms with Gasteiger partial charge in [0, 0.05) is 18.5 Å². The number of carboxylic acids is 1. The Morgan fingerprint density at radius 1 is 0.837 bits per heavy atom. The third-order valence-corrected chi connectivity index (χ3v) is 8.20. The first-order valence-corrected chi connectivity index (χ1v) is 16.3. The lowest BCUT2D eigenvalue weighted by molar-refractivity contribution is -0.145. The van der Waals surface area contributed by atoms with Crippen LogP contribution in [0.1, 0.15) is 70.3 Å². The smallest absolute Gasteiger partial charge is 0.353 e. The molecule has 2 amide bonds. The molecule has 5 rings (SSSR count). The molecule has 0 bridgehead atoms. The molecule has 0 aliphatic rings. The molecule has 1 aromatic heterocycles. The van der Waals surface area contributed by atoms with Gasteiger partial charge in [-0.15, -0.1) is 10.2 Å². The Balaban J connectivity index is 1.22. The van der Waals surface area contributed by atoms with Crippen molar-refractivity contribution in [3.8, 4) is 5.75 Å². The van der Waals surface area contributed by atoms with Crippen LogP contribution < -0.4 is 15.4 Å². The van der Waals surface area contributed by atoms with E-state index in [1.165, 1.54) is 10.4 Å². The highest BCUT2D eigenvalue weighted by atomic mass is 16.5. The fourth-order valence-electron chi connectivity index (χ4n) is 5.45. The molecule has 0 spiro atoms. The molecule has 0 fully saturated rings. The molecule has 0 aliphatic carbocycles. The first kappa shape index (κ1) is 34.5. The Kier molecular flexibility index (Phi) is 11.8. The van der Waals surface area contributed by atoms with Crippen LogP contribution in [0.2, 0.25) is 0 Å². The van der Waals surface area contributed by atoms with Gasteiger partial charge < -0.3 is 20.5 Å². The number of carbonyl (C=O) groups is 3. The molecule has 1 heterocycles. The largest absolute Gasteiger partial charge is 0.478 e. The zero-order chi connectivity index (χ0) is 34.6. The summed E-state index contributed by atoms with van der Waals surface area (Å²) in [7, 11) is 0. The first-order chi connectivity index (χ1) is 23.8. The second kappa shape index (κ2) is 16.8. The van der Waals surface area contributed by atoms with Gasteiger partial charge in [0.25, 0.3) is 12.0 Å². The van der Waals surface area contributed by atoms with Gasteiger partial charge in [-0.05, 0) is 84.8 Å². The lowest BCUT2D eigenvalue weighted by atomic mass is 10.0. The highest BCUT2D eigenvalue weighted by Crippen LogP contribution is 2.23. The van der Waals surface area contributed by atoms with Crippen molar-refractivity contribution < 1.29 is 24.2 Å². The molecule has 0 radical (unpaired) electrons. The molecule has 4 aromatic carbocycles. The summed E-state index contributed by atoms with van der Waals surface area (Å²) in [5.74, 6) is -1.72. The first-order valence-electron chi connectivity index (χ1n) is 16.3. The van der Waals surface area contributed by atoms with Crippen molar-refractivity contribution in [2.45, 2.75) is 57.7 Å². The lowest BCUT2D eigenvalue weighted by Crippen LogP contribution is -2.48. The maximum Gasteiger partial charge on any atom is 0.353 e. The van der Waals surface area contributed by atoms with Crippen LogP contribution in [-0.2, 0) is 22.4 Å². The Bertz CT molecular complexity index is 1830. The van der Waals surface area contributed by atoms with Crippen LogP contribution in [0.25, 0.3) is 0 Å². The number of tetrazole rings is 1. The standard InChI is InChI=1S/C38H40N6O5/c1-26-13-9-10-19-32(26)27(2)44-42-35(41-43-44)34(38(47)48)49-31-22-20-29(21-23-31)25-33(40-36(45)30-17-7-4-8-18-30)37(46)39-24-12-11-16-28-14-5-3-6-15-28/h3-10,13-15,17-23,27,33-34H,11-12,16,24-25H2,1-2H3,(H,39,46)(H,40,45)(H,47,48)/t27?,33-,34?/m0/s1. The van der Waals surface area contributed by atoms with Gasteiger partial charge in [0.2, 0.25) is 11.7 Å². The molecule has 0 saturated heterocycles. The van der Waals surface area contributed by atoms with E-state index in [2.05, 4.69) is 38.2 Å². The molecule has 3 N–H and O–H groups in total. The van der Waals surface area contributed by atoms with Crippen LogP contribution in [0.5, 0.6) is 5.75 Å². The van der Waals surface area contributed by atoms with Crippen LogP contribution in [-0.4, -0.2) is 55.7 Å². The van der Waals surface area contributed by atoms with E-state index in [1.807, 2.05) is 62.4 Å². The van der Waals surface area contributed by atoms with Crippen molar-refractivity contribution in [2.75, 3.05) is 6.54 Å². The number of aliphatic carboxylic acids is 1. The van der Waals surface area contributed by atoms with E-state index in [1.54, 1.807) is 48.5 Å². The second-order valence-corrected chi connectivity index (χ2v) is 11.8. The predicted molar refractivity (Wildman–Crippen MR) is 184 cm³/mol. The summed E-state index contributed by atoms with van der Waals surface area (Å²) < 4.78 is 5.80. The van der Waals surface area contributed by atoms with Gasteiger partial charge in [-0.2, -0.15) is 4.80 Å². The quantitative estimate of drug-likeness (QED) is 0.121. The fourth-order valence-corrected chi connectivity index (χ4v) is 5.45. The number of hydrogen-bond donors (Lipinski definition) is 3. The van der Waals surface area contributed by atoms with Crippen molar-refractivity contribution in [1.82, 2.24) is 30.8 Å². The van der Waals surface area contributed by atoms with E-state index in [0.29, 0.717) is 12.1 Å². The van der Waals surface area contributed by atoms with Gasteiger partial charge in [-0.25, -0.2) is 4.79 Å². The van der Waals surface area contributed by atoms with Gasteiger partial charge >= 0.3 is 5.97 Å². The minimum absolute atomic E-state index is 0.0823. The normalized spacial score (nSPS) is 12.8. The van der Waals surface area contributed by atoms with Gasteiger partial charge in [0.05, 0.1) is 6.04 Å². The number of aromatic nitrogens is 4. The molecule has 0 aliphatic heterocycles. The molecular formula is C38H40N6O5. The zero-order valence-corrected chi connectivity index (χ0v) is 27.5. The minimum atomic E-state index is -1.49. The maximum absolute atomic E-state index is 13.3. The van der Waals surface area contributed by atoms with Crippen molar-refractivity contribution >= 4 is 17.8 Å². The van der Waals surface area contributed by atoms with Crippen LogP contribution in [0.15, 0.2) is 109 Å². The Morgan fingerprint density at radius 3 is 2.20 bits per heavy atom. The summed E-state index contributed by atoms with van der Waals surface area (Å²) in [6, 6.07) is 32.3. The topological polar surface area (TPSA) is 148 Å². The molecule has 5 aromatic rings. The van der Waals surface area contributed by atoms with Crippen molar-refractivity contribution in [2.24, 2.45) is 0 Å². The van der Waals surface area contributed by atoms with E-state index in [0.717, 1.165) is 36.0 Å². The summed E-state index contributed by atoms with van der Waals surface area (Å²) in [6.45, 7) is 4.37. The number of carbonyl (C=O) groups excluding carboxylic acids is 2. The average Bonchev–Trinajstić information content (AvgIpc) is 3.61. The predicted octanol–water partition coefficient (Wildman–Crippen LogP) is 5.28. The fraction of sp³-hybridized carbons (Fsp3) is 0.263. The number of amides is 2.